The van der Waals surface area contributed by atoms with E-state index in [2.05, 4.69) is 26.1 Å². The molecular formula is C16H27ClN2O2. The number of carbonyl (C=O) groups excluding carboxylic acids is 1. The molecule has 0 aliphatic carbocycles. The summed E-state index contributed by atoms with van der Waals surface area (Å²) in [7, 11) is 1.50. The largest absolute Gasteiger partial charge is 0.370 e. The number of nitrogens with one attached hydrogen (secondary N) is 1. The van der Waals surface area contributed by atoms with Gasteiger partial charge in [-0.3, -0.25) is 4.79 Å². The second-order valence-corrected chi connectivity index (χ2v) is 6.20. The summed E-state index contributed by atoms with van der Waals surface area (Å²) < 4.78 is 5.09. The summed E-state index contributed by atoms with van der Waals surface area (Å²) in [5.74, 6) is -0.159. The van der Waals surface area contributed by atoms with Crippen LogP contribution >= 0.6 is 12.4 Å². The molecule has 21 heavy (non-hydrogen) atoms. The van der Waals surface area contributed by atoms with Gasteiger partial charge in [-0.25, -0.2) is 0 Å². The summed E-state index contributed by atoms with van der Waals surface area (Å²) in [5, 5.41) is 3.05. The first-order chi connectivity index (χ1) is 9.37. The van der Waals surface area contributed by atoms with E-state index in [1.165, 1.54) is 7.11 Å². The molecule has 0 aliphatic heterocycles. The first-order valence-corrected chi connectivity index (χ1v) is 6.95. The Kier molecular flexibility index (Phi) is 8.55. The maximum atomic E-state index is 12.2. The summed E-state index contributed by atoms with van der Waals surface area (Å²) in [6, 6.07) is 9.95. The van der Waals surface area contributed by atoms with Gasteiger partial charge in [-0.2, -0.15) is 0 Å². The normalized spacial score (nSPS) is 14.0. The number of amides is 1. The van der Waals surface area contributed by atoms with E-state index in [0.29, 0.717) is 0 Å². The van der Waals surface area contributed by atoms with Crippen molar-refractivity contribution in [2.24, 2.45) is 11.1 Å². The Balaban J connectivity index is 0.00000400. The second-order valence-electron chi connectivity index (χ2n) is 6.20. The molecule has 1 aromatic carbocycles. The minimum Gasteiger partial charge on any atom is -0.370 e. The van der Waals surface area contributed by atoms with Crippen LogP contribution in [0.3, 0.4) is 0 Å². The van der Waals surface area contributed by atoms with Gasteiger partial charge < -0.3 is 15.8 Å². The first kappa shape index (κ1) is 19.9. The van der Waals surface area contributed by atoms with Gasteiger partial charge in [0.05, 0.1) is 6.04 Å². The Bertz CT molecular complexity index is 414. The van der Waals surface area contributed by atoms with Gasteiger partial charge in [-0.15, -0.1) is 12.4 Å². The Labute approximate surface area is 133 Å². The summed E-state index contributed by atoms with van der Waals surface area (Å²) in [5.41, 5.74) is 6.75. The van der Waals surface area contributed by atoms with Crippen LogP contribution in [0.1, 0.15) is 38.8 Å². The fraction of sp³-hybridized carbons (Fsp3) is 0.562. The van der Waals surface area contributed by atoms with Crippen molar-refractivity contribution in [3.8, 4) is 0 Å². The van der Waals surface area contributed by atoms with Gasteiger partial charge >= 0.3 is 0 Å². The van der Waals surface area contributed by atoms with E-state index < -0.39 is 6.10 Å². The molecule has 0 aliphatic rings. The highest BCUT2D eigenvalue weighted by Crippen LogP contribution is 2.29. The fourth-order valence-corrected chi connectivity index (χ4v) is 2.12. The van der Waals surface area contributed by atoms with Gasteiger partial charge in [-0.05, 0) is 17.4 Å². The van der Waals surface area contributed by atoms with E-state index in [0.717, 1.165) is 12.0 Å². The lowest BCUT2D eigenvalue weighted by Gasteiger charge is -2.28. The number of nitrogens with two attached hydrogens (primary N) is 1. The lowest BCUT2D eigenvalue weighted by molar-refractivity contribution is -0.131. The minimum absolute atomic E-state index is 0. The number of benzene rings is 1. The smallest absolute Gasteiger partial charge is 0.250 e. The molecule has 2 atom stereocenters. The molecule has 4 nitrogen and oxygen atoms in total. The van der Waals surface area contributed by atoms with Crippen LogP contribution in [-0.4, -0.2) is 25.7 Å². The van der Waals surface area contributed by atoms with Crippen LogP contribution in [0.5, 0.6) is 0 Å². The lowest BCUT2D eigenvalue weighted by Crippen LogP contribution is -2.42. The summed E-state index contributed by atoms with van der Waals surface area (Å²) in [6.07, 6.45) is 0.255. The third-order valence-electron chi connectivity index (χ3n) is 3.13. The predicted molar refractivity (Wildman–Crippen MR) is 88.5 cm³/mol. The molecule has 1 amide bonds. The molecule has 120 valence electrons. The molecule has 1 aromatic rings. The highest BCUT2D eigenvalue weighted by molar-refractivity contribution is 5.85. The highest BCUT2D eigenvalue weighted by Gasteiger charge is 2.24. The third-order valence-corrected chi connectivity index (χ3v) is 3.13. The molecule has 0 fully saturated rings. The van der Waals surface area contributed by atoms with Crippen LogP contribution in [0, 0.1) is 5.41 Å². The Hall–Kier alpha value is -1.10. The molecule has 1 rings (SSSR count). The number of hydrogen-bond donors (Lipinski definition) is 2. The first-order valence-electron chi connectivity index (χ1n) is 6.95. The van der Waals surface area contributed by atoms with Crippen molar-refractivity contribution in [2.45, 2.75) is 39.3 Å². The summed E-state index contributed by atoms with van der Waals surface area (Å²) in [4.78, 5) is 12.2. The SMILES string of the molecule is COC(CN)C(=O)NC(CC(C)(C)C)c1ccccc1.Cl. The van der Waals surface area contributed by atoms with Crippen molar-refractivity contribution in [3.05, 3.63) is 35.9 Å². The Morgan fingerprint density at radius 1 is 1.29 bits per heavy atom. The van der Waals surface area contributed by atoms with Gasteiger partial charge in [0.1, 0.15) is 6.10 Å². The molecule has 3 N–H and O–H groups in total. The zero-order chi connectivity index (χ0) is 15.2. The number of rotatable bonds is 6. The van der Waals surface area contributed by atoms with E-state index in [9.17, 15) is 4.79 Å². The van der Waals surface area contributed by atoms with E-state index in [1.807, 2.05) is 30.3 Å². The average Bonchev–Trinajstić information content (AvgIpc) is 2.39. The van der Waals surface area contributed by atoms with Gasteiger partial charge in [0.15, 0.2) is 0 Å². The molecule has 0 heterocycles. The van der Waals surface area contributed by atoms with Crippen molar-refractivity contribution in [1.29, 1.82) is 0 Å². The number of ether oxygens (including phenoxy) is 1. The fourth-order valence-electron chi connectivity index (χ4n) is 2.12. The topological polar surface area (TPSA) is 64.3 Å². The van der Waals surface area contributed by atoms with Crippen LogP contribution in [0.2, 0.25) is 0 Å². The average molecular weight is 315 g/mol. The van der Waals surface area contributed by atoms with Crippen molar-refractivity contribution in [3.63, 3.8) is 0 Å². The zero-order valence-corrected chi connectivity index (χ0v) is 14.1. The molecule has 0 aromatic heterocycles. The van der Waals surface area contributed by atoms with Crippen molar-refractivity contribution in [1.82, 2.24) is 5.32 Å². The number of methoxy groups -OCH3 is 1. The van der Waals surface area contributed by atoms with Crippen LogP contribution in [0.4, 0.5) is 0 Å². The number of hydrogen-bond acceptors (Lipinski definition) is 3. The van der Waals surface area contributed by atoms with E-state index in [1.54, 1.807) is 0 Å². The molecular weight excluding hydrogens is 288 g/mol. The third kappa shape index (κ3) is 6.93. The van der Waals surface area contributed by atoms with E-state index >= 15 is 0 Å². The van der Waals surface area contributed by atoms with Gasteiger partial charge in [0, 0.05) is 13.7 Å². The summed E-state index contributed by atoms with van der Waals surface area (Å²) in [6.45, 7) is 6.66. The molecule has 5 heteroatoms. The lowest BCUT2D eigenvalue weighted by atomic mass is 9.85. The number of carbonyl (C=O) groups is 1. The highest BCUT2D eigenvalue weighted by atomic mass is 35.5. The second kappa shape index (κ2) is 9.03. The van der Waals surface area contributed by atoms with E-state index in [-0.39, 0.29) is 36.3 Å². The standard InChI is InChI=1S/C16H26N2O2.ClH/c1-16(2,3)10-13(12-8-6-5-7-9-12)18-15(19)14(11-17)20-4;/h5-9,13-14H,10-11,17H2,1-4H3,(H,18,19);1H. The quantitative estimate of drug-likeness (QED) is 0.848. The van der Waals surface area contributed by atoms with Crippen LogP contribution in [-0.2, 0) is 9.53 Å². The van der Waals surface area contributed by atoms with Gasteiger partial charge in [0.25, 0.3) is 5.91 Å². The Morgan fingerprint density at radius 3 is 2.29 bits per heavy atom. The maximum Gasteiger partial charge on any atom is 0.250 e. The maximum absolute atomic E-state index is 12.2. The molecule has 0 radical (unpaired) electrons. The molecule has 0 bridgehead atoms. The van der Waals surface area contributed by atoms with Gasteiger partial charge in [-0.1, -0.05) is 51.1 Å². The molecule has 0 saturated carbocycles. The zero-order valence-electron chi connectivity index (χ0n) is 13.3. The van der Waals surface area contributed by atoms with Crippen LogP contribution < -0.4 is 11.1 Å². The molecule has 2 unspecified atom stereocenters. The Morgan fingerprint density at radius 2 is 1.86 bits per heavy atom. The van der Waals surface area contributed by atoms with E-state index in [4.69, 9.17) is 10.5 Å². The minimum atomic E-state index is -0.596. The predicted octanol–water partition coefficient (Wildman–Crippen LogP) is 2.68. The van der Waals surface area contributed by atoms with Crippen LogP contribution in [0.25, 0.3) is 0 Å². The van der Waals surface area contributed by atoms with Crippen molar-refractivity contribution < 1.29 is 9.53 Å². The number of halogens is 1. The van der Waals surface area contributed by atoms with Crippen molar-refractivity contribution >= 4 is 18.3 Å². The molecule has 0 spiro atoms. The summed E-state index contributed by atoms with van der Waals surface area (Å²) >= 11 is 0. The molecule has 0 saturated heterocycles. The van der Waals surface area contributed by atoms with Gasteiger partial charge in [0.2, 0.25) is 0 Å². The van der Waals surface area contributed by atoms with Crippen molar-refractivity contribution in [2.75, 3.05) is 13.7 Å². The monoisotopic (exact) mass is 314 g/mol. The van der Waals surface area contributed by atoms with Crippen LogP contribution in [0.15, 0.2) is 30.3 Å².